The third kappa shape index (κ3) is 49.4. The van der Waals surface area contributed by atoms with Crippen molar-refractivity contribution in [2.45, 2.75) is 201 Å². The number of aliphatic hydroxyl groups is 16. The van der Waals surface area contributed by atoms with Crippen LogP contribution in [0.25, 0.3) is 0 Å². The van der Waals surface area contributed by atoms with E-state index < -0.39 is 123 Å². The summed E-state index contributed by atoms with van der Waals surface area (Å²) in [4.78, 5) is 67.2. The van der Waals surface area contributed by atoms with Crippen molar-refractivity contribution in [2.24, 2.45) is 0 Å². The maximum Gasteiger partial charge on any atom is 0.222 e. The molecule has 1 saturated heterocycles. The van der Waals surface area contributed by atoms with Crippen molar-refractivity contribution in [3.8, 4) is 0 Å². The Morgan fingerprint density at radius 2 is 0.698 bits per heavy atom. The number of hydrogen-bond donors (Lipinski definition) is 20. The highest BCUT2D eigenvalue weighted by Gasteiger charge is 2.37. The SMILES string of the molecule is COC[C@@H]1C[C@@H](O)CN1C(=O)CCCCCCCCCCC(=O)NC(COCCC(=O)NCCOCCOCCO[C@@H](O)[C@H](O)C(O)[C@H](O)CCO)(COCCC(=O)NCCOCCOCCO[C@@H](O)[C@H](O)C(O)[C@H](O)CCO)COCCC(=O)NCCOCCOCCO[C@@H](O)[C@H](O)C(O)[C@H](O)CCO. The molecule has 5 amide bonds. The molecule has 0 radical (unpaired) electrons. The molecule has 0 spiro atoms. The highest BCUT2D eigenvalue weighted by molar-refractivity contribution is 5.78. The fourth-order valence-corrected chi connectivity index (χ4v) is 10.3. The number of β-amino-alcohol motifs (C(OH)–C–C–N with tert-alkyl or cyclic N) is 1. The molecular formula is C67H129N5O34. The number of likely N-dealkylation sites (tertiary alicyclic amines) is 1. The lowest BCUT2D eigenvalue weighted by Crippen LogP contribution is -2.58. The Balaban J connectivity index is 2.92. The molecule has 14 atom stereocenters. The summed E-state index contributed by atoms with van der Waals surface area (Å²) in [5.74, 6) is -1.53. The van der Waals surface area contributed by atoms with E-state index in [9.17, 15) is 90.4 Å². The second-order valence-electron chi connectivity index (χ2n) is 25.3. The molecule has 0 aromatic carbocycles. The number of nitrogens with zero attached hydrogens (tertiary/aromatic N) is 1. The molecule has 0 aliphatic carbocycles. The molecule has 20 N–H and O–H groups in total. The summed E-state index contributed by atoms with van der Waals surface area (Å²) < 4.78 is 71.1. The van der Waals surface area contributed by atoms with Gasteiger partial charge >= 0.3 is 0 Å². The average Bonchev–Trinajstić information content (AvgIpc) is 1.93. The minimum atomic E-state index is -1.83. The average molecular weight is 1550 g/mol. The summed E-state index contributed by atoms with van der Waals surface area (Å²) in [5, 5.41) is 167. The van der Waals surface area contributed by atoms with E-state index in [0.717, 1.165) is 44.9 Å². The molecular weight excluding hydrogens is 1420 g/mol. The maximum atomic E-state index is 13.9. The van der Waals surface area contributed by atoms with Gasteiger partial charge in [0.05, 0.1) is 176 Å². The molecule has 1 aliphatic heterocycles. The Morgan fingerprint density at radius 3 is 1.03 bits per heavy atom. The number of unbranched alkanes of at least 4 members (excludes halogenated alkanes) is 7. The van der Waals surface area contributed by atoms with Crippen LogP contribution < -0.4 is 21.3 Å². The zero-order valence-corrected chi connectivity index (χ0v) is 61.6. The number of amides is 5. The van der Waals surface area contributed by atoms with Crippen LogP contribution in [-0.2, 0) is 85.6 Å². The van der Waals surface area contributed by atoms with Gasteiger partial charge < -0.3 is 169 Å². The summed E-state index contributed by atoms with van der Waals surface area (Å²) >= 11 is 0. The van der Waals surface area contributed by atoms with E-state index in [2.05, 4.69) is 21.3 Å². The van der Waals surface area contributed by atoms with Crippen molar-refractivity contribution < 1.29 is 167 Å². The van der Waals surface area contributed by atoms with E-state index in [-0.39, 0.29) is 221 Å². The van der Waals surface area contributed by atoms with E-state index in [0.29, 0.717) is 32.4 Å². The highest BCUT2D eigenvalue weighted by atomic mass is 16.6. The van der Waals surface area contributed by atoms with Crippen LogP contribution in [0.3, 0.4) is 0 Å². The van der Waals surface area contributed by atoms with Gasteiger partial charge in [0, 0.05) is 85.2 Å². The molecule has 0 saturated carbocycles. The fraction of sp³-hybridized carbons (Fsp3) is 0.925. The maximum absolute atomic E-state index is 13.9. The molecule has 106 heavy (non-hydrogen) atoms. The van der Waals surface area contributed by atoms with Crippen molar-refractivity contribution in [3.63, 3.8) is 0 Å². The van der Waals surface area contributed by atoms with Crippen LogP contribution in [0.15, 0.2) is 0 Å². The highest BCUT2D eigenvalue weighted by Crippen LogP contribution is 2.21. The zero-order chi connectivity index (χ0) is 78.6. The van der Waals surface area contributed by atoms with Crippen molar-refractivity contribution >= 4 is 29.5 Å². The standard InChI is InChI=1S/C67H129N5O34/c1-94-44-48-42-49(76)43-72(48)57(84)11-9-7-5-3-2-4-6-8-10-56(83)71-67(45-101-24-15-53(80)68-18-27-95-30-33-98-36-39-104-64(91)61(88)58(85)50(77)12-21-73,46-102-25-16-54(81)69-19-28-96-31-34-99-37-40-105-65(92)62(89)59(86)51(78)13-22-74)47-103-26-17-55(82)70-20-29-97-32-35-100-38-41-106-66(93)63(90)60(87)52(79)14-23-75/h48-52,58-66,73-79,85-93H,2-47H2,1H3,(H,68,80)(H,69,81)(H,70,82)(H,71,83)/t48-,49+,50+,51+,52+,58?,59?,60?,61+,62+,63+,64+,65+,66+,67?/m0/s1. The lowest BCUT2D eigenvalue weighted by atomic mass is 10.0. The summed E-state index contributed by atoms with van der Waals surface area (Å²) in [6.07, 6.45) is -14.7. The molecule has 0 bridgehead atoms. The van der Waals surface area contributed by atoms with Crippen molar-refractivity contribution in [2.75, 3.05) is 198 Å². The molecule has 0 aromatic heterocycles. The van der Waals surface area contributed by atoms with Gasteiger partial charge in [-0.3, -0.25) is 24.0 Å². The van der Waals surface area contributed by atoms with Gasteiger partial charge in [0.2, 0.25) is 29.5 Å². The number of rotatable bonds is 74. The molecule has 1 aliphatic rings. The van der Waals surface area contributed by atoms with Gasteiger partial charge in [-0.1, -0.05) is 38.5 Å². The molecule has 1 rings (SSSR count). The quantitative estimate of drug-likeness (QED) is 0.0199. The molecule has 1 heterocycles. The van der Waals surface area contributed by atoms with Gasteiger partial charge in [0.1, 0.15) is 42.2 Å². The van der Waals surface area contributed by atoms with Crippen LogP contribution in [0, 0.1) is 0 Å². The second-order valence-corrected chi connectivity index (χ2v) is 25.3. The normalized spacial score (nSPS) is 18.0. The Labute approximate surface area is 620 Å². The Kier molecular flexibility index (Phi) is 61.3. The summed E-state index contributed by atoms with van der Waals surface area (Å²) in [6, 6.07) is -0.124. The zero-order valence-electron chi connectivity index (χ0n) is 61.6. The Bertz CT molecular complexity index is 2000. The molecule has 39 heteroatoms. The second kappa shape index (κ2) is 64.8. The van der Waals surface area contributed by atoms with Crippen molar-refractivity contribution in [3.05, 3.63) is 0 Å². The first-order valence-electron chi connectivity index (χ1n) is 36.6. The molecule has 3 unspecified atom stereocenters. The number of methoxy groups -OCH3 is 1. The number of carbonyl (C=O) groups excluding carboxylic acids is 5. The van der Waals surface area contributed by atoms with Crippen LogP contribution >= 0.6 is 0 Å². The lowest BCUT2D eigenvalue weighted by Gasteiger charge is -2.34. The van der Waals surface area contributed by atoms with Gasteiger partial charge in [-0.05, 0) is 38.5 Å². The summed E-state index contributed by atoms with van der Waals surface area (Å²) in [7, 11) is 1.57. The molecule has 0 aromatic rings. The monoisotopic (exact) mass is 1550 g/mol. The van der Waals surface area contributed by atoms with Gasteiger partial charge in [-0.25, -0.2) is 0 Å². The van der Waals surface area contributed by atoms with E-state index in [4.69, 9.17) is 76.9 Å². The van der Waals surface area contributed by atoms with Gasteiger partial charge in [0.25, 0.3) is 0 Å². The van der Waals surface area contributed by atoms with Crippen LogP contribution in [0.1, 0.15) is 109 Å². The summed E-state index contributed by atoms with van der Waals surface area (Å²) in [6.45, 7) is -0.955. The van der Waals surface area contributed by atoms with E-state index in [1.165, 1.54) is 0 Å². The van der Waals surface area contributed by atoms with Gasteiger partial charge in [-0.2, -0.15) is 0 Å². The third-order valence-corrected chi connectivity index (χ3v) is 16.3. The first-order chi connectivity index (χ1) is 51.0. The molecule has 1 fully saturated rings. The van der Waals surface area contributed by atoms with E-state index in [1.54, 1.807) is 12.0 Å². The van der Waals surface area contributed by atoms with Crippen LogP contribution in [0.5, 0.6) is 0 Å². The number of nitrogens with one attached hydrogen (secondary N) is 4. The van der Waals surface area contributed by atoms with E-state index in [1.807, 2.05) is 0 Å². The topological polar surface area (TPSA) is 580 Å². The number of hydrogen-bond acceptors (Lipinski definition) is 34. The van der Waals surface area contributed by atoms with Crippen LogP contribution in [0.4, 0.5) is 0 Å². The number of carbonyl (C=O) groups is 5. The molecule has 626 valence electrons. The number of ether oxygens (including phenoxy) is 13. The first-order valence-corrected chi connectivity index (χ1v) is 36.6. The first kappa shape index (κ1) is 100. The number of aliphatic hydroxyl groups excluding tert-OH is 16. The minimum absolute atomic E-state index is 0.0132. The van der Waals surface area contributed by atoms with Gasteiger partial charge in [-0.15, -0.1) is 0 Å². The smallest absolute Gasteiger partial charge is 0.222 e. The minimum Gasteiger partial charge on any atom is -0.396 e. The summed E-state index contributed by atoms with van der Waals surface area (Å²) in [5.41, 5.74) is -1.41. The van der Waals surface area contributed by atoms with Gasteiger partial charge in [0.15, 0.2) is 18.9 Å². The van der Waals surface area contributed by atoms with Crippen LogP contribution in [0.2, 0.25) is 0 Å². The van der Waals surface area contributed by atoms with E-state index >= 15 is 0 Å². The predicted octanol–water partition coefficient (Wildman–Crippen LogP) is -7.58. The Morgan fingerprint density at radius 1 is 0.387 bits per heavy atom. The van der Waals surface area contributed by atoms with Crippen LogP contribution in [-0.4, -0.2) is 406 Å². The van der Waals surface area contributed by atoms with Crippen molar-refractivity contribution in [1.29, 1.82) is 0 Å². The fourth-order valence-electron chi connectivity index (χ4n) is 10.3. The predicted molar refractivity (Wildman–Crippen MR) is 370 cm³/mol. The van der Waals surface area contributed by atoms with Crippen molar-refractivity contribution in [1.82, 2.24) is 26.2 Å². The lowest BCUT2D eigenvalue weighted by molar-refractivity contribution is -0.207. The third-order valence-electron chi connectivity index (χ3n) is 16.3. The Hall–Kier alpha value is -3.81. The largest absolute Gasteiger partial charge is 0.396 e. The molecule has 39 nitrogen and oxygen atoms in total.